The molecule has 1 aromatic heterocycles. The molecule has 0 atom stereocenters. The zero-order valence-corrected chi connectivity index (χ0v) is 14.6. The predicted octanol–water partition coefficient (Wildman–Crippen LogP) is 4.31. The summed E-state index contributed by atoms with van der Waals surface area (Å²) in [5.41, 5.74) is 3.24. The topological polar surface area (TPSA) is 90.7 Å². The molecule has 0 unspecified atom stereocenters. The van der Waals surface area contributed by atoms with E-state index in [0.717, 1.165) is 11.3 Å². The zero-order chi connectivity index (χ0) is 18.5. The fraction of sp³-hybridized carbons (Fsp3) is 0.0526. The van der Waals surface area contributed by atoms with Crippen molar-refractivity contribution >= 4 is 34.8 Å². The Balaban J connectivity index is 1.69. The van der Waals surface area contributed by atoms with Crippen molar-refractivity contribution < 1.29 is 4.79 Å². The first kappa shape index (κ1) is 17.4. The summed E-state index contributed by atoms with van der Waals surface area (Å²) in [6.07, 6.45) is 2.88. The maximum absolute atomic E-state index is 12.2. The van der Waals surface area contributed by atoms with Crippen molar-refractivity contribution in [3.63, 3.8) is 0 Å². The van der Waals surface area contributed by atoms with E-state index in [9.17, 15) is 4.79 Å². The molecule has 128 valence electrons. The van der Waals surface area contributed by atoms with Crippen LogP contribution in [0.4, 0.5) is 17.3 Å². The van der Waals surface area contributed by atoms with Crippen LogP contribution < -0.4 is 10.6 Å². The fourth-order valence-electron chi connectivity index (χ4n) is 2.19. The van der Waals surface area contributed by atoms with Gasteiger partial charge in [0.05, 0.1) is 17.2 Å². The van der Waals surface area contributed by atoms with Crippen molar-refractivity contribution in [3.05, 3.63) is 76.6 Å². The normalized spacial score (nSPS) is 10.0. The summed E-state index contributed by atoms with van der Waals surface area (Å²) in [5.74, 6) is 0.0329. The number of hydrogen-bond acceptors (Lipinski definition) is 5. The van der Waals surface area contributed by atoms with E-state index in [0.29, 0.717) is 27.8 Å². The van der Waals surface area contributed by atoms with Crippen LogP contribution in [0.25, 0.3) is 0 Å². The average Bonchev–Trinajstić information content (AvgIpc) is 2.66. The van der Waals surface area contributed by atoms with Crippen LogP contribution in [-0.2, 0) is 0 Å². The van der Waals surface area contributed by atoms with Gasteiger partial charge in [0.1, 0.15) is 0 Å². The summed E-state index contributed by atoms with van der Waals surface area (Å²) < 4.78 is 0. The van der Waals surface area contributed by atoms with Crippen LogP contribution in [0.15, 0.2) is 54.9 Å². The number of halogens is 1. The fourth-order valence-corrected chi connectivity index (χ4v) is 2.36. The molecule has 0 spiro atoms. The number of carbonyl (C=O) groups is 1. The first-order valence-electron chi connectivity index (χ1n) is 7.72. The Morgan fingerprint density at radius 1 is 1.12 bits per heavy atom. The highest BCUT2D eigenvalue weighted by Gasteiger charge is 2.09. The summed E-state index contributed by atoms with van der Waals surface area (Å²) in [7, 11) is 0. The molecule has 26 heavy (non-hydrogen) atoms. The Morgan fingerprint density at radius 2 is 1.81 bits per heavy atom. The number of aryl methyl sites for hydroxylation is 1. The molecule has 7 heteroatoms. The van der Waals surface area contributed by atoms with Crippen LogP contribution in [-0.4, -0.2) is 15.9 Å². The third-order valence-electron chi connectivity index (χ3n) is 3.63. The monoisotopic (exact) mass is 363 g/mol. The van der Waals surface area contributed by atoms with Crippen molar-refractivity contribution in [1.29, 1.82) is 5.26 Å². The molecule has 0 saturated carbocycles. The zero-order valence-electron chi connectivity index (χ0n) is 13.8. The number of nitriles is 1. The molecule has 6 nitrogen and oxygen atoms in total. The minimum atomic E-state index is -0.333. The average molecular weight is 364 g/mol. The predicted molar refractivity (Wildman–Crippen MR) is 101 cm³/mol. The van der Waals surface area contributed by atoms with Crippen LogP contribution in [0.3, 0.4) is 0 Å². The maximum atomic E-state index is 12.2. The molecule has 0 aliphatic carbocycles. The molecule has 1 heterocycles. The van der Waals surface area contributed by atoms with Gasteiger partial charge >= 0.3 is 0 Å². The van der Waals surface area contributed by atoms with Crippen LogP contribution >= 0.6 is 11.6 Å². The van der Waals surface area contributed by atoms with Gasteiger partial charge in [-0.05, 0) is 48.9 Å². The minimum absolute atomic E-state index is 0.322. The number of hydrogen-bond donors (Lipinski definition) is 2. The standard InChI is InChI=1S/C19H14ClN5O/c1-12-2-5-15(20)8-17(12)25-19-22-10-14(11-23-19)18(26)24-16-6-3-13(9-21)4-7-16/h2-8,10-11H,1H3,(H,24,26)(H,22,23,25). The van der Waals surface area contributed by atoms with Crippen molar-refractivity contribution in [3.8, 4) is 6.07 Å². The second-order valence-electron chi connectivity index (χ2n) is 5.52. The first-order chi connectivity index (χ1) is 12.5. The highest BCUT2D eigenvalue weighted by Crippen LogP contribution is 2.22. The van der Waals surface area contributed by atoms with Gasteiger partial charge in [-0.15, -0.1) is 0 Å². The van der Waals surface area contributed by atoms with Crippen LogP contribution in [0.2, 0.25) is 5.02 Å². The molecular weight excluding hydrogens is 350 g/mol. The molecule has 3 aromatic rings. The summed E-state index contributed by atoms with van der Waals surface area (Å²) in [4.78, 5) is 20.6. The van der Waals surface area contributed by atoms with Crippen molar-refractivity contribution in [2.45, 2.75) is 6.92 Å². The Morgan fingerprint density at radius 3 is 2.46 bits per heavy atom. The molecule has 2 N–H and O–H groups in total. The van der Waals surface area contributed by atoms with E-state index in [-0.39, 0.29) is 5.91 Å². The van der Waals surface area contributed by atoms with Crippen molar-refractivity contribution in [1.82, 2.24) is 9.97 Å². The Bertz CT molecular complexity index is 978. The summed E-state index contributed by atoms with van der Waals surface area (Å²) in [5, 5.41) is 15.2. The van der Waals surface area contributed by atoms with E-state index in [1.54, 1.807) is 36.4 Å². The number of nitrogens with zero attached hydrogens (tertiary/aromatic N) is 3. The quantitative estimate of drug-likeness (QED) is 0.720. The number of nitrogens with one attached hydrogen (secondary N) is 2. The van der Waals surface area contributed by atoms with E-state index in [4.69, 9.17) is 16.9 Å². The molecule has 0 bridgehead atoms. The molecular formula is C19H14ClN5O. The summed E-state index contributed by atoms with van der Waals surface area (Å²) in [6.45, 7) is 1.94. The van der Waals surface area contributed by atoms with Gasteiger partial charge in [0, 0.05) is 28.8 Å². The molecule has 0 aliphatic heterocycles. The molecule has 0 saturated heterocycles. The largest absolute Gasteiger partial charge is 0.324 e. The van der Waals surface area contributed by atoms with Gasteiger partial charge in [-0.1, -0.05) is 17.7 Å². The van der Waals surface area contributed by atoms with E-state index in [2.05, 4.69) is 20.6 Å². The molecule has 2 aromatic carbocycles. The molecule has 1 amide bonds. The second-order valence-corrected chi connectivity index (χ2v) is 5.96. The number of anilines is 3. The lowest BCUT2D eigenvalue weighted by Crippen LogP contribution is -2.13. The lowest BCUT2D eigenvalue weighted by atomic mass is 10.2. The minimum Gasteiger partial charge on any atom is -0.324 e. The van der Waals surface area contributed by atoms with Gasteiger partial charge in [0.25, 0.3) is 5.91 Å². The number of carbonyl (C=O) groups excluding carboxylic acids is 1. The Kier molecular flexibility index (Phi) is 5.11. The van der Waals surface area contributed by atoms with E-state index in [1.165, 1.54) is 12.4 Å². The van der Waals surface area contributed by atoms with Gasteiger partial charge in [-0.25, -0.2) is 9.97 Å². The highest BCUT2D eigenvalue weighted by molar-refractivity contribution is 6.30. The van der Waals surface area contributed by atoms with Gasteiger partial charge in [-0.3, -0.25) is 4.79 Å². The molecule has 3 rings (SSSR count). The third-order valence-corrected chi connectivity index (χ3v) is 3.87. The lowest BCUT2D eigenvalue weighted by Gasteiger charge is -2.09. The van der Waals surface area contributed by atoms with E-state index < -0.39 is 0 Å². The van der Waals surface area contributed by atoms with Crippen molar-refractivity contribution in [2.24, 2.45) is 0 Å². The van der Waals surface area contributed by atoms with Crippen LogP contribution in [0, 0.1) is 18.3 Å². The third kappa shape index (κ3) is 4.15. The van der Waals surface area contributed by atoms with Crippen LogP contribution in [0.1, 0.15) is 21.5 Å². The number of amides is 1. The molecule has 0 radical (unpaired) electrons. The van der Waals surface area contributed by atoms with Crippen LogP contribution in [0.5, 0.6) is 0 Å². The van der Waals surface area contributed by atoms with Gasteiger partial charge in [0.2, 0.25) is 5.95 Å². The Labute approximate surface area is 155 Å². The first-order valence-corrected chi connectivity index (χ1v) is 8.10. The summed E-state index contributed by atoms with van der Waals surface area (Å²) >= 11 is 5.99. The number of aromatic nitrogens is 2. The SMILES string of the molecule is Cc1ccc(Cl)cc1Nc1ncc(C(=O)Nc2ccc(C#N)cc2)cn1. The summed E-state index contributed by atoms with van der Waals surface area (Å²) in [6, 6.07) is 14.1. The molecule has 0 fully saturated rings. The smallest absolute Gasteiger partial charge is 0.258 e. The highest BCUT2D eigenvalue weighted by atomic mass is 35.5. The second kappa shape index (κ2) is 7.64. The van der Waals surface area contributed by atoms with Gasteiger partial charge in [-0.2, -0.15) is 5.26 Å². The lowest BCUT2D eigenvalue weighted by molar-refractivity contribution is 0.102. The molecule has 0 aliphatic rings. The van der Waals surface area contributed by atoms with Gasteiger partial charge in [0.15, 0.2) is 0 Å². The maximum Gasteiger partial charge on any atom is 0.258 e. The number of rotatable bonds is 4. The van der Waals surface area contributed by atoms with Crippen molar-refractivity contribution in [2.75, 3.05) is 10.6 Å². The van der Waals surface area contributed by atoms with E-state index >= 15 is 0 Å². The Hall–Kier alpha value is -3.43. The number of benzene rings is 2. The van der Waals surface area contributed by atoms with Gasteiger partial charge < -0.3 is 10.6 Å². The van der Waals surface area contributed by atoms with E-state index in [1.807, 2.05) is 19.1 Å².